The summed E-state index contributed by atoms with van der Waals surface area (Å²) in [5, 5.41) is 15.1. The van der Waals surface area contributed by atoms with Crippen molar-refractivity contribution < 1.29 is 24.3 Å². The molecule has 3 saturated carbocycles. The van der Waals surface area contributed by atoms with Crippen LogP contribution in [0.25, 0.3) is 0 Å². The summed E-state index contributed by atoms with van der Waals surface area (Å²) in [6, 6.07) is 4.80. The van der Waals surface area contributed by atoms with E-state index >= 15 is 0 Å². The topological polar surface area (TPSA) is 116 Å². The molecule has 4 fully saturated rings. The smallest absolute Gasteiger partial charge is 0.309 e. The SMILES string of the molecule is O=C1CCC(N2Cc3c(NC45CC(C(=O)O)(C4)C5)cccc3C2=O)C(=O)N1. The second-order valence-electron chi connectivity index (χ2n) is 8.25. The maximum absolute atomic E-state index is 12.8. The van der Waals surface area contributed by atoms with E-state index in [2.05, 4.69) is 10.6 Å². The molecule has 1 aromatic carbocycles. The summed E-state index contributed by atoms with van der Waals surface area (Å²) in [6.07, 6.45) is 2.36. The van der Waals surface area contributed by atoms with Crippen LogP contribution in [0.3, 0.4) is 0 Å². The molecule has 0 aromatic heterocycles. The van der Waals surface area contributed by atoms with Crippen LogP contribution in [0, 0.1) is 5.41 Å². The highest BCUT2D eigenvalue weighted by Gasteiger charge is 2.72. The molecule has 2 heterocycles. The van der Waals surface area contributed by atoms with Crippen molar-refractivity contribution in [2.24, 2.45) is 5.41 Å². The van der Waals surface area contributed by atoms with Crippen molar-refractivity contribution in [3.63, 3.8) is 0 Å². The molecule has 6 rings (SSSR count). The summed E-state index contributed by atoms with van der Waals surface area (Å²) >= 11 is 0. The van der Waals surface area contributed by atoms with Crippen LogP contribution in [0.4, 0.5) is 5.69 Å². The first-order valence-electron chi connectivity index (χ1n) is 9.11. The normalized spacial score (nSPS) is 33.7. The van der Waals surface area contributed by atoms with Gasteiger partial charge in [-0.05, 0) is 37.8 Å². The zero-order valence-electron chi connectivity index (χ0n) is 14.6. The van der Waals surface area contributed by atoms with Gasteiger partial charge >= 0.3 is 5.97 Å². The van der Waals surface area contributed by atoms with E-state index in [-0.39, 0.29) is 23.8 Å². The second kappa shape index (κ2) is 5.09. The Balaban J connectivity index is 1.37. The summed E-state index contributed by atoms with van der Waals surface area (Å²) in [7, 11) is 0. The van der Waals surface area contributed by atoms with Gasteiger partial charge in [-0.15, -0.1) is 0 Å². The summed E-state index contributed by atoms with van der Waals surface area (Å²) in [5.74, 6) is -1.67. The van der Waals surface area contributed by atoms with Crippen molar-refractivity contribution in [2.45, 2.75) is 50.2 Å². The lowest BCUT2D eigenvalue weighted by atomic mass is 9.39. The Morgan fingerprint density at radius 1 is 1.22 bits per heavy atom. The van der Waals surface area contributed by atoms with Crippen LogP contribution >= 0.6 is 0 Å². The fourth-order valence-corrected chi connectivity index (χ4v) is 5.14. The first kappa shape index (κ1) is 16.3. The lowest BCUT2D eigenvalue weighted by Crippen LogP contribution is -2.73. The van der Waals surface area contributed by atoms with Crippen molar-refractivity contribution in [1.82, 2.24) is 10.2 Å². The highest BCUT2D eigenvalue weighted by atomic mass is 16.4. The van der Waals surface area contributed by atoms with Gasteiger partial charge in [0.15, 0.2) is 0 Å². The lowest BCUT2D eigenvalue weighted by Gasteiger charge is -2.68. The molecule has 1 atom stereocenters. The summed E-state index contributed by atoms with van der Waals surface area (Å²) in [5.41, 5.74) is 1.46. The Hall–Kier alpha value is -2.90. The van der Waals surface area contributed by atoms with Gasteiger partial charge in [0.25, 0.3) is 5.91 Å². The van der Waals surface area contributed by atoms with E-state index in [9.17, 15) is 24.3 Å². The molecule has 27 heavy (non-hydrogen) atoms. The second-order valence-corrected chi connectivity index (χ2v) is 8.25. The van der Waals surface area contributed by atoms with E-state index in [0.29, 0.717) is 37.8 Å². The first-order chi connectivity index (χ1) is 12.8. The average Bonchev–Trinajstić information content (AvgIpc) is 2.87. The minimum atomic E-state index is -0.733. The molecule has 8 heteroatoms. The molecule has 3 aliphatic carbocycles. The number of rotatable bonds is 4. The highest BCUT2D eigenvalue weighted by Crippen LogP contribution is 2.68. The van der Waals surface area contributed by atoms with Crippen LogP contribution in [-0.4, -0.2) is 45.3 Å². The minimum absolute atomic E-state index is 0.196. The first-order valence-corrected chi connectivity index (χ1v) is 9.11. The van der Waals surface area contributed by atoms with Gasteiger partial charge in [0.2, 0.25) is 11.8 Å². The maximum Gasteiger partial charge on any atom is 0.309 e. The van der Waals surface area contributed by atoms with E-state index in [4.69, 9.17) is 0 Å². The Kier molecular flexibility index (Phi) is 3.07. The minimum Gasteiger partial charge on any atom is -0.481 e. The number of anilines is 1. The van der Waals surface area contributed by atoms with E-state index in [1.54, 1.807) is 12.1 Å². The molecular formula is C19H19N3O5. The molecule has 2 aliphatic heterocycles. The quantitative estimate of drug-likeness (QED) is 0.678. The number of hydrogen-bond acceptors (Lipinski definition) is 5. The molecule has 5 aliphatic rings. The summed E-state index contributed by atoms with van der Waals surface area (Å²) < 4.78 is 0. The number of hydrogen-bond donors (Lipinski definition) is 3. The van der Waals surface area contributed by atoms with Crippen LogP contribution in [0.5, 0.6) is 0 Å². The third-order valence-electron chi connectivity index (χ3n) is 6.47. The Morgan fingerprint density at radius 3 is 2.63 bits per heavy atom. The number of carboxylic acid groups (broad SMARTS) is 1. The van der Waals surface area contributed by atoms with Crippen molar-refractivity contribution in [2.75, 3.05) is 5.32 Å². The van der Waals surface area contributed by atoms with E-state index in [1.807, 2.05) is 6.07 Å². The number of aliphatic carboxylic acids is 1. The molecule has 1 saturated heterocycles. The standard InChI is InChI=1S/C19H19N3O5/c23-14-5-4-13(15(24)20-14)22-6-11-10(16(22)25)2-1-3-12(11)21-19-7-18(8-19,9-19)17(26)27/h1-3,13,21H,4-9H2,(H,26,27)(H,20,23,24). The van der Waals surface area contributed by atoms with E-state index in [0.717, 1.165) is 11.3 Å². The molecular weight excluding hydrogens is 350 g/mol. The molecule has 1 aromatic rings. The average molecular weight is 369 g/mol. The highest BCUT2D eigenvalue weighted by molar-refractivity contribution is 6.06. The fraction of sp³-hybridized carbons (Fsp3) is 0.474. The lowest BCUT2D eigenvalue weighted by molar-refractivity contribution is -0.186. The number of carboxylic acids is 1. The predicted molar refractivity (Wildman–Crippen MR) is 92.8 cm³/mol. The van der Waals surface area contributed by atoms with Gasteiger partial charge in [0, 0.05) is 35.3 Å². The maximum atomic E-state index is 12.8. The van der Waals surface area contributed by atoms with Crippen LogP contribution in [0.2, 0.25) is 0 Å². The largest absolute Gasteiger partial charge is 0.481 e. The Bertz CT molecular complexity index is 904. The third kappa shape index (κ3) is 2.15. The van der Waals surface area contributed by atoms with Crippen LogP contribution in [-0.2, 0) is 20.9 Å². The molecule has 0 radical (unpaired) electrons. The number of imide groups is 1. The summed E-state index contributed by atoms with van der Waals surface area (Å²) in [4.78, 5) is 49.2. The number of fused-ring (bicyclic) bond motifs is 1. The van der Waals surface area contributed by atoms with Gasteiger partial charge in [-0.25, -0.2) is 0 Å². The van der Waals surface area contributed by atoms with Gasteiger partial charge in [-0.2, -0.15) is 0 Å². The fourth-order valence-electron chi connectivity index (χ4n) is 5.14. The number of carbonyl (C=O) groups excluding carboxylic acids is 3. The summed E-state index contributed by atoms with van der Waals surface area (Å²) in [6.45, 7) is 0.309. The van der Waals surface area contributed by atoms with E-state index < -0.39 is 23.3 Å². The van der Waals surface area contributed by atoms with E-state index in [1.165, 1.54) is 4.90 Å². The zero-order chi connectivity index (χ0) is 19.0. The Labute approximate surface area is 154 Å². The molecule has 3 N–H and O–H groups in total. The molecule has 0 spiro atoms. The molecule has 140 valence electrons. The molecule has 8 nitrogen and oxygen atoms in total. The van der Waals surface area contributed by atoms with Crippen molar-refractivity contribution in [3.05, 3.63) is 29.3 Å². The number of nitrogens with one attached hydrogen (secondary N) is 2. The molecule has 1 unspecified atom stereocenters. The van der Waals surface area contributed by atoms with Crippen LogP contribution < -0.4 is 10.6 Å². The zero-order valence-corrected chi connectivity index (χ0v) is 14.6. The third-order valence-corrected chi connectivity index (χ3v) is 6.47. The number of carbonyl (C=O) groups is 4. The monoisotopic (exact) mass is 369 g/mol. The van der Waals surface area contributed by atoms with Crippen LogP contribution in [0.15, 0.2) is 18.2 Å². The number of nitrogens with zero attached hydrogens (tertiary/aromatic N) is 1. The van der Waals surface area contributed by atoms with Crippen LogP contribution in [0.1, 0.15) is 48.0 Å². The van der Waals surface area contributed by atoms with Gasteiger partial charge < -0.3 is 15.3 Å². The number of piperidine rings is 1. The van der Waals surface area contributed by atoms with Gasteiger partial charge in [0.1, 0.15) is 6.04 Å². The van der Waals surface area contributed by atoms with Gasteiger partial charge in [0.05, 0.1) is 5.41 Å². The van der Waals surface area contributed by atoms with Gasteiger partial charge in [-0.3, -0.25) is 24.5 Å². The van der Waals surface area contributed by atoms with Crippen molar-refractivity contribution in [3.8, 4) is 0 Å². The number of amides is 3. The number of benzene rings is 1. The Morgan fingerprint density at radius 2 is 1.96 bits per heavy atom. The predicted octanol–water partition coefficient (Wildman–Crippen LogP) is 0.867. The molecule has 3 amide bonds. The van der Waals surface area contributed by atoms with Crippen molar-refractivity contribution >= 4 is 29.4 Å². The molecule has 2 bridgehead atoms. The van der Waals surface area contributed by atoms with Crippen molar-refractivity contribution in [1.29, 1.82) is 0 Å². The van der Waals surface area contributed by atoms with Gasteiger partial charge in [-0.1, -0.05) is 6.07 Å².